The van der Waals surface area contributed by atoms with E-state index in [1.165, 1.54) is 66.6 Å². The van der Waals surface area contributed by atoms with Crippen LogP contribution < -0.4 is 14.9 Å². The van der Waals surface area contributed by atoms with Gasteiger partial charge in [0.05, 0.1) is 5.41 Å². The molecule has 2 aliphatic heterocycles. The summed E-state index contributed by atoms with van der Waals surface area (Å²) in [6.07, 6.45) is 18.6. The Balaban J connectivity index is 0.00000132. The van der Waals surface area contributed by atoms with Crippen molar-refractivity contribution in [2.24, 2.45) is 0 Å². The zero-order valence-electron chi connectivity index (χ0n) is 39.7. The molecule has 0 bridgehead atoms. The number of nitrogens with one attached hydrogen (secondary N) is 1. The predicted molar refractivity (Wildman–Crippen MR) is 267 cm³/mol. The summed E-state index contributed by atoms with van der Waals surface area (Å²) < 4.78 is 31.4. The maximum atomic E-state index is 12.9. The number of carbonyl (C=O) groups is 1. The third kappa shape index (κ3) is 10.5. The van der Waals surface area contributed by atoms with Gasteiger partial charge in [0.25, 0.3) is 0 Å². The van der Waals surface area contributed by atoms with Gasteiger partial charge in [0.15, 0.2) is 11.5 Å². The molecule has 1 N–H and O–H groups in total. The van der Waals surface area contributed by atoms with Crippen LogP contribution in [0.1, 0.15) is 95.2 Å². The summed E-state index contributed by atoms with van der Waals surface area (Å²) in [5.41, 5.74) is 12.4. The van der Waals surface area contributed by atoms with Crippen molar-refractivity contribution in [2.45, 2.75) is 96.9 Å². The zero-order chi connectivity index (χ0) is 47.3. The fraction of sp³-hybridized carbons (Fsp3) is 0.309. The summed E-state index contributed by atoms with van der Waals surface area (Å²) in [4.78, 5) is 15.4. The first-order chi connectivity index (χ1) is 32.2. The van der Waals surface area contributed by atoms with E-state index in [9.17, 15) is 17.7 Å². The Bertz CT molecular complexity index is 2960. The summed E-state index contributed by atoms with van der Waals surface area (Å²) in [7, 11) is -1.45. The van der Waals surface area contributed by atoms with Crippen LogP contribution in [-0.2, 0) is 22.2 Å². The topological polar surface area (TPSA) is 86.9 Å². The molecule has 350 valence electrons. The number of aryl methyl sites for hydroxylation is 1. The monoisotopic (exact) mass is 919 g/mol. The van der Waals surface area contributed by atoms with Crippen molar-refractivity contribution in [1.82, 2.24) is 25.7 Å². The van der Waals surface area contributed by atoms with Crippen molar-refractivity contribution in [1.29, 1.82) is 0 Å². The average molecular weight is 920 g/mol. The number of rotatable bonds is 12. The normalized spacial score (nSPS) is 17.0. The molecule has 0 radical (unpaired) electrons. The second kappa shape index (κ2) is 21.0. The third-order valence-corrected chi connectivity index (χ3v) is 13.4. The first kappa shape index (κ1) is 49.2. The van der Waals surface area contributed by atoms with E-state index in [0.29, 0.717) is 24.6 Å². The number of hydrogen-bond donors (Lipinski definition) is 1. The molecule has 9 rings (SSSR count). The number of fused-ring (bicyclic) bond motifs is 6. The molecule has 1 aliphatic carbocycles. The van der Waals surface area contributed by atoms with Gasteiger partial charge in [0.1, 0.15) is 7.05 Å². The van der Waals surface area contributed by atoms with E-state index in [4.69, 9.17) is 0 Å². The number of aromatic nitrogens is 4. The molecule has 0 saturated carbocycles. The Morgan fingerprint density at radius 1 is 0.765 bits per heavy atom. The standard InChI is InChI=1S/C55H57N7O.BF3.FH/c1-37-57-59-53(60-58-37)43-26-22-40(23-27-43)36-56-50(63)21-8-7-13-34-62-47-31-29-42-18-10-12-20-45(42)52(47)55(4,5)49(62)33-25-39-16-14-15-38(35-39)24-32-48-54(2,3)51-44-19-11-9-17-41(44)28-30-46(51)61(48)6;2-1(3)4;/h9-12,17-20,22-33,35H,7-8,13-16,21,34,36H2,1-6H3;;1H. The van der Waals surface area contributed by atoms with Gasteiger partial charge in [0, 0.05) is 59.6 Å². The number of halogens is 4. The molecule has 1 amide bonds. The van der Waals surface area contributed by atoms with Crippen molar-refractivity contribution < 1.29 is 27.0 Å². The first-order valence-electron chi connectivity index (χ1n) is 23.3. The van der Waals surface area contributed by atoms with Crippen LogP contribution in [0, 0.1) is 6.92 Å². The van der Waals surface area contributed by atoms with E-state index in [2.05, 4.69) is 173 Å². The van der Waals surface area contributed by atoms with Crippen molar-refractivity contribution in [3.8, 4) is 11.4 Å². The summed E-state index contributed by atoms with van der Waals surface area (Å²) in [6.45, 7) is 12.6. The quantitative estimate of drug-likeness (QED) is 0.0570. The number of benzene rings is 5. The number of amides is 1. The largest absolute Gasteiger partial charge is 1.00 e. The molecule has 0 fully saturated rings. The number of anilines is 1. The van der Waals surface area contributed by atoms with Crippen LogP contribution in [0.25, 0.3) is 32.9 Å². The van der Waals surface area contributed by atoms with Crippen LogP contribution in [0.15, 0.2) is 144 Å². The minimum Gasteiger partial charge on any atom is -1.00 e. The molecule has 6 aromatic rings. The minimum atomic E-state index is -3.67. The lowest BCUT2D eigenvalue weighted by atomic mass is 9.79. The number of unbranched alkanes of at least 4 members (excludes halogenated alkanes) is 2. The van der Waals surface area contributed by atoms with Crippen LogP contribution in [0.4, 0.5) is 24.3 Å². The molecule has 5 aromatic carbocycles. The lowest BCUT2D eigenvalue weighted by molar-refractivity contribution is -0.401. The van der Waals surface area contributed by atoms with Crippen LogP contribution >= 0.6 is 0 Å². The highest BCUT2D eigenvalue weighted by molar-refractivity contribution is 6.33. The maximum absolute atomic E-state index is 12.9. The summed E-state index contributed by atoms with van der Waals surface area (Å²) in [5.74, 6) is 1.10. The van der Waals surface area contributed by atoms with Gasteiger partial charge in [-0.3, -0.25) is 17.7 Å². The van der Waals surface area contributed by atoms with Crippen molar-refractivity contribution in [3.05, 3.63) is 167 Å². The van der Waals surface area contributed by atoms with E-state index in [-0.39, 0.29) is 21.4 Å². The highest BCUT2D eigenvalue weighted by atomic mass is 19.4. The molecule has 0 unspecified atom stereocenters. The van der Waals surface area contributed by atoms with Gasteiger partial charge in [0.2, 0.25) is 17.4 Å². The van der Waals surface area contributed by atoms with Gasteiger partial charge in [-0.25, -0.2) is 0 Å². The number of carbonyl (C=O) groups excluding carboxylic acids is 1. The molecule has 3 heterocycles. The Hall–Kier alpha value is -6.76. The lowest BCUT2D eigenvalue weighted by Gasteiger charge is -2.27. The van der Waals surface area contributed by atoms with Gasteiger partial charge >= 0.3 is 7.54 Å². The summed E-state index contributed by atoms with van der Waals surface area (Å²) in [6, 6.07) is 34.5. The minimum absolute atomic E-state index is 0. The fourth-order valence-corrected chi connectivity index (χ4v) is 10.2. The Morgan fingerprint density at radius 2 is 1.41 bits per heavy atom. The molecule has 8 nitrogen and oxygen atoms in total. The molecule has 0 atom stereocenters. The molecule has 0 spiro atoms. The predicted octanol–water partition coefficient (Wildman–Crippen LogP) is 9.59. The highest BCUT2D eigenvalue weighted by Crippen LogP contribution is 2.51. The fourth-order valence-electron chi connectivity index (χ4n) is 10.2. The van der Waals surface area contributed by atoms with E-state index < -0.39 is 7.54 Å². The number of nitrogens with zero attached hydrogens (tertiary/aromatic N) is 6. The highest BCUT2D eigenvalue weighted by Gasteiger charge is 2.44. The van der Waals surface area contributed by atoms with Crippen molar-refractivity contribution >= 4 is 52.1 Å². The third-order valence-electron chi connectivity index (χ3n) is 13.4. The Labute approximate surface area is 397 Å². The van der Waals surface area contributed by atoms with Crippen LogP contribution in [0.5, 0.6) is 0 Å². The SMILES string of the molecule is Cc1nnc(-c2ccc(CNC(=O)CCCCCN3C(=CC=C4C=C(C=CC5=[N+](C)c6ccc7ccccc7c6C5(C)C)CCC4)C(C)(C)c4c3ccc3ccccc43)cc2)nn1.FB(F)F.[F-]. The van der Waals surface area contributed by atoms with Crippen LogP contribution in [0.3, 0.4) is 0 Å². The van der Waals surface area contributed by atoms with Crippen molar-refractivity contribution in [3.63, 3.8) is 0 Å². The van der Waals surface area contributed by atoms with E-state index in [1.807, 2.05) is 24.3 Å². The van der Waals surface area contributed by atoms with Crippen LogP contribution in [-0.4, -0.2) is 57.7 Å². The zero-order valence-corrected chi connectivity index (χ0v) is 39.7. The van der Waals surface area contributed by atoms with Gasteiger partial charge < -0.3 is 14.9 Å². The van der Waals surface area contributed by atoms with Gasteiger partial charge in [-0.1, -0.05) is 117 Å². The van der Waals surface area contributed by atoms with Crippen molar-refractivity contribution in [2.75, 3.05) is 18.5 Å². The average Bonchev–Trinajstić information content (AvgIpc) is 3.66. The smallest absolute Gasteiger partial charge is 0.762 e. The Morgan fingerprint density at radius 3 is 2.10 bits per heavy atom. The molecule has 13 heteroatoms. The number of hydrogen-bond acceptors (Lipinski definition) is 6. The Kier molecular flexibility index (Phi) is 15.2. The molecular formula is C55H58BF4N7O. The lowest BCUT2D eigenvalue weighted by Crippen LogP contribution is -3.00. The molecular weight excluding hydrogens is 861 g/mol. The second-order valence-corrected chi connectivity index (χ2v) is 18.7. The molecule has 0 saturated heterocycles. The molecule has 1 aromatic heterocycles. The molecule has 68 heavy (non-hydrogen) atoms. The second-order valence-electron chi connectivity index (χ2n) is 18.7. The van der Waals surface area contributed by atoms with E-state index in [1.54, 1.807) is 6.92 Å². The summed E-state index contributed by atoms with van der Waals surface area (Å²) >= 11 is 0. The van der Waals surface area contributed by atoms with Gasteiger partial charge in [-0.15, -0.1) is 20.4 Å². The first-order valence-corrected chi connectivity index (χ1v) is 23.3. The van der Waals surface area contributed by atoms with Gasteiger partial charge in [-0.2, -0.15) is 4.58 Å². The van der Waals surface area contributed by atoms with Gasteiger partial charge in [-0.05, 0) is 115 Å². The van der Waals surface area contributed by atoms with E-state index in [0.717, 1.165) is 56.2 Å². The molecule has 3 aliphatic rings. The number of allylic oxidation sites excluding steroid dienone is 8. The summed E-state index contributed by atoms with van der Waals surface area (Å²) in [5, 5.41) is 24.6. The van der Waals surface area contributed by atoms with Crippen LogP contribution in [0.2, 0.25) is 0 Å². The van der Waals surface area contributed by atoms with E-state index >= 15 is 0 Å². The maximum Gasteiger partial charge on any atom is 0.762 e.